The average molecular weight is 243 g/mol. The zero-order valence-electron chi connectivity index (χ0n) is 11.4. The summed E-state index contributed by atoms with van der Waals surface area (Å²) in [7, 11) is 2.02. The Morgan fingerprint density at radius 1 is 1.22 bits per heavy atom. The molecule has 0 unspecified atom stereocenters. The molecule has 1 heterocycles. The molecule has 96 valence electrons. The molecule has 0 fully saturated rings. The summed E-state index contributed by atoms with van der Waals surface area (Å²) in [5.74, 6) is 1.07. The minimum Gasteiger partial charge on any atom is -0.337 e. The first-order valence-electron chi connectivity index (χ1n) is 6.32. The summed E-state index contributed by atoms with van der Waals surface area (Å²) in [6, 6.07) is 10.6. The van der Waals surface area contributed by atoms with E-state index in [-0.39, 0.29) is 5.54 Å². The summed E-state index contributed by atoms with van der Waals surface area (Å²) in [5.41, 5.74) is 1.42. The molecule has 0 bridgehead atoms. The van der Waals surface area contributed by atoms with Gasteiger partial charge in [-0.3, -0.25) is 0 Å². The molecule has 0 radical (unpaired) electrons. The van der Waals surface area contributed by atoms with Gasteiger partial charge in [0, 0.05) is 25.0 Å². The molecule has 2 rings (SSSR count). The van der Waals surface area contributed by atoms with Crippen LogP contribution >= 0.6 is 0 Å². The topological polar surface area (TPSA) is 29.9 Å². The highest BCUT2D eigenvalue weighted by atomic mass is 15.1. The predicted octanol–water partition coefficient (Wildman–Crippen LogP) is 2.53. The van der Waals surface area contributed by atoms with Gasteiger partial charge >= 0.3 is 0 Å². The van der Waals surface area contributed by atoms with Crippen molar-refractivity contribution in [3.8, 4) is 0 Å². The zero-order valence-corrected chi connectivity index (χ0v) is 11.4. The van der Waals surface area contributed by atoms with E-state index < -0.39 is 0 Å². The van der Waals surface area contributed by atoms with Crippen molar-refractivity contribution in [2.24, 2.45) is 7.05 Å². The second-order valence-electron chi connectivity index (χ2n) is 5.35. The molecule has 0 saturated carbocycles. The van der Waals surface area contributed by atoms with Gasteiger partial charge in [0.05, 0.1) is 6.54 Å². The van der Waals surface area contributed by atoms with Crippen molar-refractivity contribution in [3.05, 3.63) is 54.1 Å². The van der Waals surface area contributed by atoms with E-state index in [1.807, 2.05) is 24.0 Å². The highest BCUT2D eigenvalue weighted by molar-refractivity contribution is 5.17. The van der Waals surface area contributed by atoms with E-state index in [1.54, 1.807) is 0 Å². The van der Waals surface area contributed by atoms with Crippen molar-refractivity contribution in [1.29, 1.82) is 0 Å². The van der Waals surface area contributed by atoms with Gasteiger partial charge in [-0.2, -0.15) is 0 Å². The lowest BCUT2D eigenvalue weighted by molar-refractivity contribution is 0.376. The minimum absolute atomic E-state index is 0.0628. The number of hydrogen-bond acceptors (Lipinski definition) is 2. The van der Waals surface area contributed by atoms with Crippen LogP contribution in [0.1, 0.15) is 25.2 Å². The summed E-state index contributed by atoms with van der Waals surface area (Å²) in [5, 5.41) is 3.57. The fraction of sp³-hybridized carbons (Fsp3) is 0.400. The molecule has 0 aliphatic carbocycles. The molecule has 3 heteroatoms. The maximum Gasteiger partial charge on any atom is 0.122 e. The van der Waals surface area contributed by atoms with Crippen LogP contribution in [0.3, 0.4) is 0 Å². The van der Waals surface area contributed by atoms with Gasteiger partial charge in [0.2, 0.25) is 0 Å². The molecule has 0 amide bonds. The fourth-order valence-corrected chi connectivity index (χ4v) is 2.05. The predicted molar refractivity (Wildman–Crippen MR) is 74.3 cm³/mol. The van der Waals surface area contributed by atoms with E-state index in [2.05, 4.69) is 54.5 Å². The van der Waals surface area contributed by atoms with Crippen LogP contribution in [0.2, 0.25) is 0 Å². The van der Waals surface area contributed by atoms with E-state index in [4.69, 9.17) is 0 Å². The summed E-state index contributed by atoms with van der Waals surface area (Å²) in [6.07, 6.45) is 4.82. The third kappa shape index (κ3) is 3.44. The minimum atomic E-state index is 0.0628. The van der Waals surface area contributed by atoms with Gasteiger partial charge in [-0.25, -0.2) is 4.98 Å². The van der Waals surface area contributed by atoms with Gasteiger partial charge in [-0.1, -0.05) is 30.3 Å². The summed E-state index contributed by atoms with van der Waals surface area (Å²) >= 11 is 0. The summed E-state index contributed by atoms with van der Waals surface area (Å²) in [6.45, 7) is 5.25. The monoisotopic (exact) mass is 243 g/mol. The molecule has 0 aliphatic heterocycles. The number of rotatable bonds is 5. The van der Waals surface area contributed by atoms with Gasteiger partial charge in [-0.05, 0) is 25.8 Å². The van der Waals surface area contributed by atoms with E-state index >= 15 is 0 Å². The highest BCUT2D eigenvalue weighted by Gasteiger charge is 2.18. The maximum absolute atomic E-state index is 4.33. The SMILES string of the molecule is Cn1ccnc1CNC(C)(C)Cc1ccccc1. The highest BCUT2D eigenvalue weighted by Crippen LogP contribution is 2.13. The Labute approximate surface area is 109 Å². The molecule has 1 aromatic carbocycles. The first kappa shape index (κ1) is 12.8. The number of nitrogens with one attached hydrogen (secondary N) is 1. The molecule has 2 aromatic rings. The molecule has 0 aliphatic rings. The lowest BCUT2D eigenvalue weighted by Crippen LogP contribution is -2.41. The third-order valence-corrected chi connectivity index (χ3v) is 3.13. The lowest BCUT2D eigenvalue weighted by atomic mass is 9.95. The fourth-order valence-electron chi connectivity index (χ4n) is 2.05. The van der Waals surface area contributed by atoms with Crippen LogP contribution in [0.25, 0.3) is 0 Å². The number of nitrogens with zero attached hydrogens (tertiary/aromatic N) is 2. The lowest BCUT2D eigenvalue weighted by Gasteiger charge is -2.26. The normalized spacial score (nSPS) is 11.7. The molecule has 0 atom stereocenters. The van der Waals surface area contributed by atoms with Gasteiger partial charge in [-0.15, -0.1) is 0 Å². The second kappa shape index (κ2) is 5.36. The Balaban J connectivity index is 1.93. The van der Waals surface area contributed by atoms with Crippen LogP contribution in [0.15, 0.2) is 42.7 Å². The average Bonchev–Trinajstić information content (AvgIpc) is 2.73. The number of hydrogen-bond donors (Lipinski definition) is 1. The van der Waals surface area contributed by atoms with Gasteiger partial charge in [0.1, 0.15) is 5.82 Å². The maximum atomic E-state index is 4.33. The van der Waals surface area contributed by atoms with E-state index in [0.717, 1.165) is 18.8 Å². The van der Waals surface area contributed by atoms with Crippen LogP contribution in [0, 0.1) is 0 Å². The van der Waals surface area contributed by atoms with Gasteiger partial charge in [0.25, 0.3) is 0 Å². The van der Waals surface area contributed by atoms with Crippen molar-refractivity contribution in [3.63, 3.8) is 0 Å². The number of aryl methyl sites for hydroxylation is 1. The van der Waals surface area contributed by atoms with Crippen LogP contribution in [0.4, 0.5) is 0 Å². The summed E-state index contributed by atoms with van der Waals surface area (Å²) < 4.78 is 2.05. The van der Waals surface area contributed by atoms with Crippen molar-refractivity contribution < 1.29 is 0 Å². The van der Waals surface area contributed by atoms with Crippen molar-refractivity contribution in [2.45, 2.75) is 32.4 Å². The first-order valence-corrected chi connectivity index (χ1v) is 6.32. The summed E-state index contributed by atoms with van der Waals surface area (Å²) in [4.78, 5) is 4.33. The standard InChI is InChI=1S/C15H21N3/c1-15(2,11-13-7-5-4-6-8-13)17-12-14-16-9-10-18(14)3/h4-10,17H,11-12H2,1-3H3. The van der Waals surface area contributed by atoms with Crippen LogP contribution in [-0.2, 0) is 20.0 Å². The van der Waals surface area contributed by atoms with Gasteiger partial charge < -0.3 is 9.88 Å². The Bertz CT molecular complexity index is 485. The third-order valence-electron chi connectivity index (χ3n) is 3.13. The van der Waals surface area contributed by atoms with Gasteiger partial charge in [0.15, 0.2) is 0 Å². The van der Waals surface area contributed by atoms with Crippen LogP contribution in [0.5, 0.6) is 0 Å². The Morgan fingerprint density at radius 3 is 2.56 bits per heavy atom. The molecule has 3 nitrogen and oxygen atoms in total. The molecule has 18 heavy (non-hydrogen) atoms. The van der Waals surface area contributed by atoms with Crippen LogP contribution in [-0.4, -0.2) is 15.1 Å². The second-order valence-corrected chi connectivity index (χ2v) is 5.35. The Kier molecular flexibility index (Phi) is 3.82. The quantitative estimate of drug-likeness (QED) is 0.874. The van der Waals surface area contributed by atoms with Crippen LogP contribution < -0.4 is 5.32 Å². The molecular weight excluding hydrogens is 222 g/mol. The first-order chi connectivity index (χ1) is 8.57. The smallest absolute Gasteiger partial charge is 0.122 e. The van der Waals surface area contributed by atoms with E-state index in [0.29, 0.717) is 0 Å². The number of benzene rings is 1. The zero-order chi connectivity index (χ0) is 13.0. The molecule has 0 saturated heterocycles. The van der Waals surface area contributed by atoms with E-state index in [1.165, 1.54) is 5.56 Å². The number of aromatic nitrogens is 2. The number of imidazole rings is 1. The molecule has 0 spiro atoms. The largest absolute Gasteiger partial charge is 0.337 e. The molecule has 1 aromatic heterocycles. The molecular formula is C15H21N3. The van der Waals surface area contributed by atoms with Crippen molar-refractivity contribution >= 4 is 0 Å². The van der Waals surface area contributed by atoms with E-state index in [9.17, 15) is 0 Å². The Morgan fingerprint density at radius 2 is 1.94 bits per heavy atom. The van der Waals surface area contributed by atoms with Crippen molar-refractivity contribution in [1.82, 2.24) is 14.9 Å². The Hall–Kier alpha value is -1.61. The molecule has 1 N–H and O–H groups in total. The van der Waals surface area contributed by atoms with Crippen molar-refractivity contribution in [2.75, 3.05) is 0 Å².